The van der Waals surface area contributed by atoms with Gasteiger partial charge in [-0.2, -0.15) is 0 Å². The summed E-state index contributed by atoms with van der Waals surface area (Å²) in [5, 5.41) is 0. The van der Waals surface area contributed by atoms with E-state index in [1.54, 1.807) is 6.20 Å². The molecule has 348 valence electrons. The van der Waals surface area contributed by atoms with Gasteiger partial charge in [-0.3, -0.25) is 34.9 Å². The average Bonchev–Trinajstić information content (AvgIpc) is 3.24. The topological polar surface area (TPSA) is 90.2 Å². The Morgan fingerprint density at radius 3 is 1.29 bits per heavy atom. The van der Waals surface area contributed by atoms with Gasteiger partial charge in [0.25, 0.3) is 0 Å². The van der Waals surface area contributed by atoms with Crippen molar-refractivity contribution in [1.82, 2.24) is 34.9 Å². The first kappa shape index (κ1) is 57.1. The van der Waals surface area contributed by atoms with Crippen molar-refractivity contribution in [2.75, 3.05) is 0 Å². The second-order valence-corrected chi connectivity index (χ2v) is 18.8. The second kappa shape index (κ2) is 28.8. The van der Waals surface area contributed by atoms with Crippen molar-refractivity contribution in [2.24, 2.45) is 0 Å². The Labute approximate surface area is 395 Å². The van der Waals surface area contributed by atoms with Crippen LogP contribution in [0.15, 0.2) is 122 Å². The zero-order valence-electron chi connectivity index (χ0n) is 43.8. The zero-order valence-corrected chi connectivity index (χ0v) is 43.8. The number of hydrogen-bond donors (Lipinski definition) is 0. The van der Waals surface area contributed by atoms with Gasteiger partial charge in [0.2, 0.25) is 0 Å². The van der Waals surface area contributed by atoms with Crippen molar-refractivity contribution in [1.29, 1.82) is 0 Å². The van der Waals surface area contributed by atoms with E-state index in [1.807, 2.05) is 114 Å². The number of nitrogens with zero attached hydrogens (tertiary/aromatic N) is 7. The summed E-state index contributed by atoms with van der Waals surface area (Å²) < 4.78 is 0. The van der Waals surface area contributed by atoms with Crippen LogP contribution in [0.3, 0.4) is 0 Å². The lowest BCUT2D eigenvalue weighted by Crippen LogP contribution is -2.14. The van der Waals surface area contributed by atoms with Crippen LogP contribution < -0.4 is 0 Å². The van der Waals surface area contributed by atoms with Crippen LogP contribution in [0.1, 0.15) is 146 Å². The van der Waals surface area contributed by atoms with E-state index in [0.29, 0.717) is 5.92 Å². The summed E-state index contributed by atoms with van der Waals surface area (Å²) in [5.41, 5.74) is 18.4. The molecule has 0 spiro atoms. The largest absolute Gasteiger partial charge is 0.262 e. The fourth-order valence-corrected chi connectivity index (χ4v) is 5.82. The van der Waals surface area contributed by atoms with Crippen molar-refractivity contribution >= 4 is 0 Å². The summed E-state index contributed by atoms with van der Waals surface area (Å²) in [4.78, 5) is 29.4. The van der Waals surface area contributed by atoms with E-state index in [-0.39, 0.29) is 10.8 Å². The van der Waals surface area contributed by atoms with Gasteiger partial charge in [0.1, 0.15) is 0 Å². The molecule has 7 nitrogen and oxygen atoms in total. The molecule has 0 amide bonds. The Morgan fingerprint density at radius 2 is 0.938 bits per heavy atom. The third kappa shape index (κ3) is 23.5. The summed E-state index contributed by atoms with van der Waals surface area (Å²) in [5.74, 6) is 0.543. The summed E-state index contributed by atoms with van der Waals surface area (Å²) in [6.45, 7) is 42.0. The first-order valence-electron chi connectivity index (χ1n) is 22.7. The van der Waals surface area contributed by atoms with Gasteiger partial charge in [-0.25, -0.2) is 0 Å². The molecule has 0 fully saturated rings. The summed E-state index contributed by atoms with van der Waals surface area (Å²) in [6.07, 6.45) is 11.1. The van der Waals surface area contributed by atoms with Crippen LogP contribution >= 0.6 is 0 Å². The lowest BCUT2D eigenvalue weighted by Gasteiger charge is -2.19. The van der Waals surface area contributed by atoms with E-state index in [9.17, 15) is 0 Å². The standard InChI is InChI=1S/2C10H15N.C9H13N.2C8H11N.C7H9N.C6H7N/c1-8-5-6-9(11-7-8)10(2,3)4;1-8-6-5-7-11-9(8)10(2,3)4;1-7(2)9-8(3)5-4-6-10-9;1-6-4-5-9-8(3)7(6)2;1-6-4-5-7(2)9-8(6)3;1-6-4-3-5-8-7(6)2;1-6-4-2-3-5-7-6/h2*5-7H,1-4H3;4-7H,1-3H3;2*4-5H,1-3H3;3-5H,1-2H3;2-5H,1H3. The van der Waals surface area contributed by atoms with Gasteiger partial charge < -0.3 is 0 Å². The predicted molar refractivity (Wildman–Crippen MR) is 278 cm³/mol. The highest BCUT2D eigenvalue weighted by Crippen LogP contribution is 2.22. The minimum Gasteiger partial charge on any atom is -0.262 e. The molecule has 0 aliphatic carbocycles. The number of aryl methyl sites for hydroxylation is 11. The molecular formula is C58H81N7. The number of aromatic nitrogens is 7. The van der Waals surface area contributed by atoms with Crippen LogP contribution in [-0.2, 0) is 10.8 Å². The fourth-order valence-electron chi connectivity index (χ4n) is 5.82. The Bertz CT molecular complexity index is 2350. The predicted octanol–water partition coefficient (Wildman–Crippen LogP) is 15.0. The number of rotatable bonds is 1. The maximum atomic E-state index is 4.35. The Morgan fingerprint density at radius 1 is 0.385 bits per heavy atom. The molecule has 0 aliphatic rings. The van der Waals surface area contributed by atoms with E-state index >= 15 is 0 Å². The molecule has 7 aromatic heterocycles. The Hall–Kier alpha value is -5.95. The highest BCUT2D eigenvalue weighted by atomic mass is 14.7. The smallest absolute Gasteiger partial charge is 0.0486 e. The Balaban J connectivity index is 0.000000381. The molecule has 7 heteroatoms. The molecule has 7 heterocycles. The van der Waals surface area contributed by atoms with Gasteiger partial charge >= 0.3 is 0 Å². The maximum absolute atomic E-state index is 4.35. The summed E-state index contributed by atoms with van der Waals surface area (Å²) in [6, 6.07) is 28.4. The summed E-state index contributed by atoms with van der Waals surface area (Å²) >= 11 is 0. The van der Waals surface area contributed by atoms with Gasteiger partial charge in [0, 0.05) is 93.6 Å². The van der Waals surface area contributed by atoms with Crippen molar-refractivity contribution in [2.45, 2.75) is 155 Å². The molecule has 0 aromatic carbocycles. The number of hydrogen-bond acceptors (Lipinski definition) is 7. The van der Waals surface area contributed by atoms with Crippen molar-refractivity contribution in [3.05, 3.63) is 207 Å². The molecule has 0 unspecified atom stereocenters. The van der Waals surface area contributed by atoms with Crippen LogP contribution in [0.5, 0.6) is 0 Å². The number of pyridine rings is 7. The monoisotopic (exact) mass is 876 g/mol. The molecule has 0 N–H and O–H groups in total. The van der Waals surface area contributed by atoms with Crippen LogP contribution in [0, 0.1) is 83.1 Å². The van der Waals surface area contributed by atoms with Gasteiger partial charge in [-0.1, -0.05) is 91.8 Å². The molecular weight excluding hydrogens is 795 g/mol. The molecule has 0 bridgehead atoms. The normalized spacial score (nSPS) is 10.3. The van der Waals surface area contributed by atoms with Crippen molar-refractivity contribution in [3.8, 4) is 0 Å². The first-order chi connectivity index (χ1) is 30.3. The van der Waals surface area contributed by atoms with Crippen LogP contribution in [0.2, 0.25) is 0 Å². The van der Waals surface area contributed by atoms with Crippen LogP contribution in [-0.4, -0.2) is 34.9 Å². The van der Waals surface area contributed by atoms with E-state index < -0.39 is 0 Å². The van der Waals surface area contributed by atoms with Crippen LogP contribution in [0.4, 0.5) is 0 Å². The average molecular weight is 876 g/mol. The highest BCUT2D eigenvalue weighted by molar-refractivity contribution is 5.26. The van der Waals surface area contributed by atoms with Crippen LogP contribution in [0.25, 0.3) is 0 Å². The molecule has 0 saturated heterocycles. The zero-order chi connectivity index (χ0) is 49.3. The minimum atomic E-state index is 0.172. The third-order valence-electron chi connectivity index (χ3n) is 10.3. The minimum absolute atomic E-state index is 0.172. The lowest BCUT2D eigenvalue weighted by molar-refractivity contribution is 0.564. The molecule has 0 saturated carbocycles. The molecule has 0 aliphatic heterocycles. The summed E-state index contributed by atoms with van der Waals surface area (Å²) in [7, 11) is 0. The molecule has 65 heavy (non-hydrogen) atoms. The van der Waals surface area contributed by atoms with Crippen molar-refractivity contribution in [3.63, 3.8) is 0 Å². The quantitative estimate of drug-likeness (QED) is 0.162. The Kier molecular flexibility index (Phi) is 25.3. The highest BCUT2D eigenvalue weighted by Gasteiger charge is 2.16. The molecule has 0 atom stereocenters. The van der Waals surface area contributed by atoms with Crippen molar-refractivity contribution < 1.29 is 0 Å². The van der Waals surface area contributed by atoms with Gasteiger partial charge in [-0.05, 0) is 176 Å². The van der Waals surface area contributed by atoms with Gasteiger partial charge in [0.05, 0.1) is 0 Å². The molecule has 0 radical (unpaired) electrons. The van der Waals surface area contributed by atoms with E-state index in [2.05, 4.69) is 175 Å². The molecule has 7 aromatic rings. The maximum Gasteiger partial charge on any atom is 0.0486 e. The first-order valence-corrected chi connectivity index (χ1v) is 22.7. The second-order valence-electron chi connectivity index (χ2n) is 18.8. The third-order valence-corrected chi connectivity index (χ3v) is 10.3. The lowest BCUT2D eigenvalue weighted by atomic mass is 9.89. The van der Waals surface area contributed by atoms with Gasteiger partial charge in [-0.15, -0.1) is 0 Å². The SMILES string of the molecule is Cc1ccc(C(C)(C)C)nc1.Cc1ccc(C)c(C)n1.Cc1ccccn1.Cc1cccnc1C.Cc1cccnc1C(C)(C)C.Cc1cccnc1C(C)C.Cc1ccnc(C)c1C. The van der Waals surface area contributed by atoms with E-state index in [0.717, 1.165) is 34.2 Å². The fraction of sp³-hybridized carbons (Fsp3) is 0.397. The van der Waals surface area contributed by atoms with E-state index in [1.165, 1.54) is 50.3 Å². The van der Waals surface area contributed by atoms with Gasteiger partial charge in [0.15, 0.2) is 0 Å². The van der Waals surface area contributed by atoms with E-state index in [4.69, 9.17) is 0 Å². The molecule has 7 rings (SSSR count).